The molecule has 0 spiro atoms. The van der Waals surface area contributed by atoms with Gasteiger partial charge < -0.3 is 9.64 Å². The van der Waals surface area contributed by atoms with Crippen molar-refractivity contribution in [1.82, 2.24) is 9.80 Å². The zero-order valence-corrected chi connectivity index (χ0v) is 14.9. The van der Waals surface area contributed by atoms with E-state index in [-0.39, 0.29) is 5.97 Å². The number of carbonyl (C=O) groups excluding carboxylic acids is 1. The molecule has 0 aromatic rings. The molecule has 1 rings (SSSR count). The Kier molecular flexibility index (Phi) is 9.41. The molecule has 1 heterocycles. The van der Waals surface area contributed by atoms with Crippen molar-refractivity contribution in [3.05, 3.63) is 11.6 Å². The van der Waals surface area contributed by atoms with E-state index < -0.39 is 0 Å². The fraction of sp³-hybridized carbons (Fsp3) is 0.833. The quantitative estimate of drug-likeness (QED) is 0.484. The summed E-state index contributed by atoms with van der Waals surface area (Å²) in [5.41, 5.74) is 1.42. The molecule has 4 nitrogen and oxygen atoms in total. The molecule has 22 heavy (non-hydrogen) atoms. The smallest absolute Gasteiger partial charge is 0.320 e. The van der Waals surface area contributed by atoms with Crippen molar-refractivity contribution in [2.24, 2.45) is 5.92 Å². The molecule has 0 aliphatic carbocycles. The van der Waals surface area contributed by atoms with Gasteiger partial charge in [-0.2, -0.15) is 0 Å². The lowest BCUT2D eigenvalue weighted by Crippen LogP contribution is -2.48. The van der Waals surface area contributed by atoms with Crippen molar-refractivity contribution in [1.29, 1.82) is 0 Å². The van der Waals surface area contributed by atoms with E-state index in [4.69, 9.17) is 4.74 Å². The number of rotatable bonds is 9. The van der Waals surface area contributed by atoms with Crippen LogP contribution in [0.1, 0.15) is 47.0 Å². The maximum Gasteiger partial charge on any atom is 0.320 e. The van der Waals surface area contributed by atoms with Gasteiger partial charge in [-0.15, -0.1) is 0 Å². The first kappa shape index (κ1) is 19.2. The average molecular weight is 310 g/mol. The second-order valence-electron chi connectivity index (χ2n) is 6.68. The number of ether oxygens (including phenoxy) is 1. The molecule has 0 radical (unpaired) electrons. The summed E-state index contributed by atoms with van der Waals surface area (Å²) in [4.78, 5) is 16.2. The van der Waals surface area contributed by atoms with Gasteiger partial charge in [-0.3, -0.25) is 9.69 Å². The van der Waals surface area contributed by atoms with E-state index in [1.807, 2.05) is 6.92 Å². The maximum atomic E-state index is 11.5. The Balaban J connectivity index is 2.12. The summed E-state index contributed by atoms with van der Waals surface area (Å²) in [5.74, 6) is 0.692. The van der Waals surface area contributed by atoms with Gasteiger partial charge in [0, 0.05) is 26.2 Å². The summed E-state index contributed by atoms with van der Waals surface area (Å²) < 4.78 is 5.01. The Bertz CT molecular complexity index is 343. The third-order valence-corrected chi connectivity index (χ3v) is 4.27. The van der Waals surface area contributed by atoms with E-state index in [0.29, 0.717) is 13.2 Å². The highest BCUT2D eigenvalue weighted by Gasteiger charge is 2.19. The number of esters is 1. The fourth-order valence-electron chi connectivity index (χ4n) is 2.76. The van der Waals surface area contributed by atoms with E-state index in [0.717, 1.165) is 32.1 Å². The molecule has 0 N–H and O–H groups in total. The van der Waals surface area contributed by atoms with Gasteiger partial charge in [0.1, 0.15) is 0 Å². The fourth-order valence-corrected chi connectivity index (χ4v) is 2.76. The standard InChI is InChI=1S/C18H34N2O2/c1-5-22-18(21)15-20-13-11-19(12-14-20)10-9-17(4)8-6-7-16(2)3/h7,17H,5-6,8-15H2,1-4H3/t17-/m0/s1. The van der Waals surface area contributed by atoms with Crippen LogP contribution in [0.4, 0.5) is 0 Å². The van der Waals surface area contributed by atoms with Gasteiger partial charge in [0.2, 0.25) is 0 Å². The molecule has 0 aromatic heterocycles. The molecule has 0 bridgehead atoms. The molecule has 0 amide bonds. The largest absolute Gasteiger partial charge is 0.465 e. The third-order valence-electron chi connectivity index (χ3n) is 4.27. The molecular weight excluding hydrogens is 276 g/mol. The molecule has 1 atom stereocenters. The molecule has 1 saturated heterocycles. The number of piperazine rings is 1. The van der Waals surface area contributed by atoms with Crippen LogP contribution >= 0.6 is 0 Å². The monoisotopic (exact) mass is 310 g/mol. The molecule has 4 heteroatoms. The lowest BCUT2D eigenvalue weighted by atomic mass is 10.0. The van der Waals surface area contributed by atoms with Crippen LogP contribution in [0, 0.1) is 5.92 Å². The van der Waals surface area contributed by atoms with Gasteiger partial charge in [-0.1, -0.05) is 18.6 Å². The molecule has 0 aromatic carbocycles. The van der Waals surface area contributed by atoms with Gasteiger partial charge in [-0.05, 0) is 52.5 Å². The minimum Gasteiger partial charge on any atom is -0.465 e. The minimum absolute atomic E-state index is 0.0937. The molecule has 1 aliphatic rings. The topological polar surface area (TPSA) is 32.8 Å². The highest BCUT2D eigenvalue weighted by molar-refractivity contribution is 5.71. The van der Waals surface area contributed by atoms with E-state index in [1.54, 1.807) is 0 Å². The number of carbonyl (C=O) groups is 1. The van der Waals surface area contributed by atoms with Gasteiger partial charge in [0.05, 0.1) is 13.2 Å². The summed E-state index contributed by atoms with van der Waals surface area (Å²) in [6.07, 6.45) is 6.10. The van der Waals surface area contributed by atoms with E-state index >= 15 is 0 Å². The van der Waals surface area contributed by atoms with Gasteiger partial charge in [0.25, 0.3) is 0 Å². The van der Waals surface area contributed by atoms with Gasteiger partial charge >= 0.3 is 5.97 Å². The number of nitrogens with zero attached hydrogens (tertiary/aromatic N) is 2. The summed E-state index contributed by atoms with van der Waals surface area (Å²) in [5, 5.41) is 0. The van der Waals surface area contributed by atoms with Crippen LogP contribution in [-0.4, -0.2) is 61.6 Å². The van der Waals surface area contributed by atoms with Gasteiger partial charge in [-0.25, -0.2) is 0 Å². The normalized spacial score (nSPS) is 18.0. The maximum absolute atomic E-state index is 11.5. The van der Waals surface area contributed by atoms with Crippen molar-refractivity contribution in [3.8, 4) is 0 Å². The van der Waals surface area contributed by atoms with Gasteiger partial charge in [0.15, 0.2) is 0 Å². The molecule has 0 saturated carbocycles. The molecule has 1 aliphatic heterocycles. The van der Waals surface area contributed by atoms with Crippen LogP contribution in [0.2, 0.25) is 0 Å². The van der Waals surface area contributed by atoms with Crippen LogP contribution < -0.4 is 0 Å². The second kappa shape index (κ2) is 10.8. The summed E-state index contributed by atoms with van der Waals surface area (Å²) in [7, 11) is 0. The van der Waals surface area contributed by atoms with Crippen molar-refractivity contribution >= 4 is 5.97 Å². The van der Waals surface area contributed by atoms with Crippen molar-refractivity contribution < 1.29 is 9.53 Å². The summed E-state index contributed by atoms with van der Waals surface area (Å²) in [6, 6.07) is 0. The number of allylic oxidation sites excluding steroid dienone is 2. The first-order valence-electron chi connectivity index (χ1n) is 8.75. The average Bonchev–Trinajstić information content (AvgIpc) is 2.46. The van der Waals surface area contributed by atoms with E-state index in [1.165, 1.54) is 31.4 Å². The first-order valence-corrected chi connectivity index (χ1v) is 8.75. The minimum atomic E-state index is -0.0937. The third kappa shape index (κ3) is 8.54. The summed E-state index contributed by atoms with van der Waals surface area (Å²) in [6.45, 7) is 14.7. The Labute approximate surface area is 136 Å². The SMILES string of the molecule is CCOC(=O)CN1CCN(CC[C@@H](C)CCC=C(C)C)CC1. The number of hydrogen-bond acceptors (Lipinski definition) is 4. The highest BCUT2D eigenvalue weighted by atomic mass is 16.5. The van der Waals surface area contributed by atoms with Crippen LogP contribution in [0.5, 0.6) is 0 Å². The lowest BCUT2D eigenvalue weighted by molar-refractivity contribution is -0.144. The molecular formula is C18H34N2O2. The molecule has 128 valence electrons. The van der Waals surface area contributed by atoms with Crippen molar-refractivity contribution in [2.75, 3.05) is 45.9 Å². The van der Waals surface area contributed by atoms with E-state index in [9.17, 15) is 4.79 Å². The Morgan fingerprint density at radius 2 is 1.77 bits per heavy atom. The van der Waals surface area contributed by atoms with Crippen LogP contribution in [0.3, 0.4) is 0 Å². The van der Waals surface area contributed by atoms with E-state index in [2.05, 4.69) is 36.6 Å². The Morgan fingerprint density at radius 1 is 1.14 bits per heavy atom. The molecule has 1 fully saturated rings. The predicted molar refractivity (Wildman–Crippen MR) is 92.0 cm³/mol. The van der Waals surface area contributed by atoms with Crippen molar-refractivity contribution in [3.63, 3.8) is 0 Å². The van der Waals surface area contributed by atoms with Crippen LogP contribution in [0.25, 0.3) is 0 Å². The first-order chi connectivity index (χ1) is 10.5. The predicted octanol–water partition coefficient (Wildman–Crippen LogP) is 2.94. The second-order valence-corrected chi connectivity index (χ2v) is 6.68. The summed E-state index contributed by atoms with van der Waals surface area (Å²) >= 11 is 0. The molecule has 0 unspecified atom stereocenters. The van der Waals surface area contributed by atoms with Crippen molar-refractivity contribution in [2.45, 2.75) is 47.0 Å². The number of hydrogen-bond donors (Lipinski definition) is 0. The van der Waals surface area contributed by atoms with Crippen LogP contribution in [0.15, 0.2) is 11.6 Å². The Morgan fingerprint density at radius 3 is 2.36 bits per heavy atom. The zero-order valence-electron chi connectivity index (χ0n) is 14.9. The van der Waals surface area contributed by atoms with Crippen LogP contribution in [-0.2, 0) is 9.53 Å². The Hall–Kier alpha value is -0.870. The highest BCUT2D eigenvalue weighted by Crippen LogP contribution is 2.13. The lowest BCUT2D eigenvalue weighted by Gasteiger charge is -2.34. The zero-order chi connectivity index (χ0) is 16.4.